The molecule has 1 aromatic carbocycles. The molecule has 3 aromatic rings. The number of benzene rings is 1. The molecule has 0 N–H and O–H groups in total. The summed E-state index contributed by atoms with van der Waals surface area (Å²) in [6, 6.07) is 9.45. The van der Waals surface area contributed by atoms with Crippen LogP contribution in [0.2, 0.25) is 0 Å². The molecule has 2 unspecified atom stereocenters. The van der Waals surface area contributed by atoms with E-state index in [-0.39, 0.29) is 5.41 Å². The Morgan fingerprint density at radius 2 is 1.94 bits per heavy atom. The second kappa shape index (κ2) is 8.72. The lowest BCUT2D eigenvalue weighted by molar-refractivity contribution is -0.137. The van der Waals surface area contributed by atoms with E-state index in [2.05, 4.69) is 25.3 Å². The van der Waals surface area contributed by atoms with E-state index in [1.165, 1.54) is 12.1 Å². The molecule has 1 aliphatic heterocycles. The van der Waals surface area contributed by atoms with Gasteiger partial charge in [-0.3, -0.25) is 0 Å². The van der Waals surface area contributed by atoms with Crippen LogP contribution >= 0.6 is 11.8 Å². The summed E-state index contributed by atoms with van der Waals surface area (Å²) in [4.78, 5) is 2.49. The van der Waals surface area contributed by atoms with Crippen LogP contribution in [0, 0.1) is 5.41 Å². The number of nitrogens with zero attached hydrogens (tertiary/aromatic N) is 6. The summed E-state index contributed by atoms with van der Waals surface area (Å²) in [5.74, 6) is 2.03. The first-order chi connectivity index (χ1) is 15.9. The van der Waals surface area contributed by atoms with E-state index in [4.69, 9.17) is 0 Å². The van der Waals surface area contributed by atoms with Crippen LogP contribution in [-0.4, -0.2) is 55.2 Å². The lowest BCUT2D eigenvalue weighted by Gasteiger charge is -2.16. The first kappa shape index (κ1) is 22.3. The third kappa shape index (κ3) is 4.63. The van der Waals surface area contributed by atoms with Crippen LogP contribution in [0.15, 0.2) is 47.8 Å². The Kier molecular flexibility index (Phi) is 5.90. The van der Waals surface area contributed by atoms with E-state index in [0.717, 1.165) is 55.4 Å². The first-order valence-corrected chi connectivity index (χ1v) is 12.0. The predicted octanol–water partition coefficient (Wildman–Crippen LogP) is 4.65. The molecule has 0 radical (unpaired) electrons. The molecular weight excluding hydrogens is 449 g/mol. The maximum Gasteiger partial charge on any atom is 0.416 e. The quantitative estimate of drug-likeness (QED) is 0.367. The molecular formula is C23H25F3N6S. The Hall–Kier alpha value is -2.46. The summed E-state index contributed by atoms with van der Waals surface area (Å²) in [6.07, 6.45) is 0.596. The van der Waals surface area contributed by atoms with Crippen molar-refractivity contribution in [3.05, 3.63) is 53.7 Å². The summed E-state index contributed by atoms with van der Waals surface area (Å²) in [5.41, 5.74) is 1.43. The summed E-state index contributed by atoms with van der Waals surface area (Å²) < 4.78 is 40.4. The molecule has 5 rings (SSSR count). The minimum Gasteiger partial charge on any atom is -0.304 e. The van der Waals surface area contributed by atoms with Crippen molar-refractivity contribution in [2.45, 2.75) is 36.5 Å². The maximum atomic E-state index is 12.8. The topological polar surface area (TPSA) is 59.7 Å². The van der Waals surface area contributed by atoms with Crippen molar-refractivity contribution in [1.29, 1.82) is 0 Å². The van der Waals surface area contributed by atoms with Gasteiger partial charge in [0.05, 0.1) is 5.56 Å². The number of hydrogen-bond donors (Lipinski definition) is 0. The molecule has 3 heterocycles. The van der Waals surface area contributed by atoms with Gasteiger partial charge in [0.25, 0.3) is 0 Å². The first-order valence-electron chi connectivity index (χ1n) is 11.1. The SMILES string of the molecule is Cn1c(SCCCN2CCC3(CC3c3ccc(C(F)(F)F)cc3)C2)nnc1-c1cccnn1. The van der Waals surface area contributed by atoms with Crippen molar-refractivity contribution < 1.29 is 13.2 Å². The molecule has 2 fully saturated rings. The smallest absolute Gasteiger partial charge is 0.304 e. The molecule has 0 amide bonds. The van der Waals surface area contributed by atoms with Crippen molar-refractivity contribution in [1.82, 2.24) is 29.9 Å². The van der Waals surface area contributed by atoms with E-state index >= 15 is 0 Å². The number of halogens is 3. The Balaban J connectivity index is 1.09. The van der Waals surface area contributed by atoms with Crippen LogP contribution in [-0.2, 0) is 13.2 Å². The molecule has 2 aromatic heterocycles. The van der Waals surface area contributed by atoms with Crippen molar-refractivity contribution in [2.75, 3.05) is 25.4 Å². The van der Waals surface area contributed by atoms with Gasteiger partial charge in [0.15, 0.2) is 11.0 Å². The van der Waals surface area contributed by atoms with E-state index < -0.39 is 11.7 Å². The van der Waals surface area contributed by atoms with Crippen LogP contribution in [0.4, 0.5) is 13.2 Å². The van der Waals surface area contributed by atoms with Crippen molar-refractivity contribution >= 4 is 11.8 Å². The molecule has 6 nitrogen and oxygen atoms in total. The fourth-order valence-corrected chi connectivity index (χ4v) is 5.72. The highest BCUT2D eigenvalue weighted by atomic mass is 32.2. The second-order valence-corrected chi connectivity index (χ2v) is 10.0. The second-order valence-electron chi connectivity index (χ2n) is 8.94. The highest BCUT2D eigenvalue weighted by molar-refractivity contribution is 7.99. The monoisotopic (exact) mass is 474 g/mol. The zero-order valence-electron chi connectivity index (χ0n) is 18.3. The normalized spacial score (nSPS) is 22.8. The number of aromatic nitrogens is 5. The Morgan fingerprint density at radius 3 is 2.67 bits per heavy atom. The molecule has 174 valence electrons. The minimum atomic E-state index is -4.27. The Morgan fingerprint density at radius 1 is 1.12 bits per heavy atom. The third-order valence-electron chi connectivity index (χ3n) is 6.78. The van der Waals surface area contributed by atoms with Gasteiger partial charge >= 0.3 is 6.18 Å². The van der Waals surface area contributed by atoms with Crippen LogP contribution in [0.25, 0.3) is 11.5 Å². The van der Waals surface area contributed by atoms with Gasteiger partial charge < -0.3 is 9.47 Å². The summed E-state index contributed by atoms with van der Waals surface area (Å²) in [5, 5.41) is 17.4. The van der Waals surface area contributed by atoms with Crippen LogP contribution in [0.3, 0.4) is 0 Å². The van der Waals surface area contributed by atoms with E-state index in [0.29, 0.717) is 17.4 Å². The molecule has 2 aliphatic rings. The zero-order valence-corrected chi connectivity index (χ0v) is 19.1. The molecule has 1 aliphatic carbocycles. The third-order valence-corrected chi connectivity index (χ3v) is 7.89. The largest absolute Gasteiger partial charge is 0.416 e. The number of likely N-dealkylation sites (tertiary alicyclic amines) is 1. The van der Waals surface area contributed by atoms with Gasteiger partial charge in [-0.25, -0.2) is 0 Å². The van der Waals surface area contributed by atoms with Gasteiger partial charge in [0.2, 0.25) is 0 Å². The molecule has 33 heavy (non-hydrogen) atoms. The Labute approximate surface area is 194 Å². The number of rotatable bonds is 7. The summed E-state index contributed by atoms with van der Waals surface area (Å²) in [7, 11) is 1.94. The van der Waals surface area contributed by atoms with Gasteiger partial charge in [0, 0.05) is 25.5 Å². The molecule has 1 saturated heterocycles. The summed E-state index contributed by atoms with van der Waals surface area (Å²) in [6.45, 7) is 3.11. The Bertz CT molecular complexity index is 1100. The van der Waals surface area contributed by atoms with Crippen molar-refractivity contribution in [3.8, 4) is 11.5 Å². The van der Waals surface area contributed by atoms with E-state index in [1.807, 2.05) is 23.7 Å². The molecule has 2 atom stereocenters. The van der Waals surface area contributed by atoms with Gasteiger partial charge in [-0.15, -0.1) is 15.3 Å². The zero-order chi connectivity index (χ0) is 23.1. The fourth-order valence-electron chi connectivity index (χ4n) is 4.89. The lowest BCUT2D eigenvalue weighted by atomic mass is 9.97. The summed E-state index contributed by atoms with van der Waals surface area (Å²) >= 11 is 1.68. The van der Waals surface area contributed by atoms with Gasteiger partial charge in [-0.1, -0.05) is 23.9 Å². The number of hydrogen-bond acceptors (Lipinski definition) is 6. The maximum absolute atomic E-state index is 12.8. The van der Waals surface area contributed by atoms with Gasteiger partial charge in [-0.2, -0.15) is 18.3 Å². The number of alkyl halides is 3. The average Bonchev–Trinajstić information content (AvgIpc) is 3.15. The van der Waals surface area contributed by atoms with Crippen molar-refractivity contribution in [2.24, 2.45) is 12.5 Å². The molecule has 10 heteroatoms. The van der Waals surface area contributed by atoms with Crippen LogP contribution in [0.5, 0.6) is 0 Å². The minimum absolute atomic E-state index is 0.252. The standard InChI is InChI=1S/C23H25F3N6S/c1-31-20(19-4-2-10-27-28-19)29-30-21(31)33-13-3-11-32-12-9-22(15-32)14-18(22)16-5-7-17(8-6-16)23(24,25)26/h2,4-8,10,18H,3,9,11-15H2,1H3. The fraction of sp³-hybridized carbons (Fsp3) is 0.478. The van der Waals surface area contributed by atoms with E-state index in [1.54, 1.807) is 30.1 Å². The van der Waals surface area contributed by atoms with Gasteiger partial charge in [0.1, 0.15) is 5.69 Å². The highest BCUT2D eigenvalue weighted by Gasteiger charge is 2.57. The predicted molar refractivity (Wildman–Crippen MR) is 120 cm³/mol. The highest BCUT2D eigenvalue weighted by Crippen LogP contribution is 2.64. The molecule has 1 spiro atoms. The molecule has 0 bridgehead atoms. The van der Waals surface area contributed by atoms with Crippen molar-refractivity contribution in [3.63, 3.8) is 0 Å². The molecule has 1 saturated carbocycles. The lowest BCUT2D eigenvalue weighted by Crippen LogP contribution is -2.23. The average molecular weight is 475 g/mol. The number of thioether (sulfide) groups is 1. The van der Waals surface area contributed by atoms with Crippen LogP contribution < -0.4 is 0 Å². The van der Waals surface area contributed by atoms with E-state index in [9.17, 15) is 13.2 Å². The van der Waals surface area contributed by atoms with Crippen LogP contribution in [0.1, 0.15) is 36.3 Å². The van der Waals surface area contributed by atoms with Gasteiger partial charge in [-0.05, 0) is 73.5 Å².